The van der Waals surface area contributed by atoms with E-state index < -0.39 is 5.91 Å². The molecule has 1 heterocycles. The van der Waals surface area contributed by atoms with Crippen molar-refractivity contribution in [2.24, 2.45) is 11.7 Å². The topological polar surface area (TPSA) is 116 Å². The average Bonchev–Trinajstić information content (AvgIpc) is 3.34. The SMILES string of the molecule is CC.CC(=N)/C=C(/Cc1ccc(C(=O)NCC(=O)N2C(c3cccc(F)c3)CCC2C(C)C)cc1C)C(N)=O. The fourth-order valence-corrected chi connectivity index (χ4v) is 4.95. The Morgan fingerprint density at radius 2 is 1.85 bits per heavy atom. The first-order valence-corrected chi connectivity index (χ1v) is 13.5. The molecule has 4 N–H and O–H groups in total. The lowest BCUT2D eigenvalue weighted by molar-refractivity contribution is -0.134. The number of nitrogens with zero attached hydrogens (tertiary/aromatic N) is 1. The summed E-state index contributed by atoms with van der Waals surface area (Å²) in [5.41, 5.74) is 8.74. The van der Waals surface area contributed by atoms with Crippen molar-refractivity contribution in [3.05, 3.63) is 82.2 Å². The number of aryl methyl sites for hydroxylation is 1. The number of carbonyl (C=O) groups is 3. The highest BCUT2D eigenvalue weighted by Gasteiger charge is 2.39. The minimum absolute atomic E-state index is 0.0105. The van der Waals surface area contributed by atoms with Crippen molar-refractivity contribution in [1.29, 1.82) is 5.41 Å². The standard InChI is InChI=1S/C29H35FN4O3.C2H6/c1-17(2)25-10-11-26(21-6-5-7-24(30)15-21)34(25)27(35)16-33-29(37)22-9-8-20(18(3)12-22)14-23(28(32)36)13-19(4)31;1-2/h5-9,12-13,15,17,25-26,31H,10-11,14,16H2,1-4H3,(H2,32,36)(H,33,37);1-2H3/b23-13-,31-19?;. The van der Waals surface area contributed by atoms with Crippen LogP contribution in [-0.2, 0) is 16.0 Å². The maximum Gasteiger partial charge on any atom is 0.251 e. The Labute approximate surface area is 231 Å². The lowest BCUT2D eigenvalue weighted by Crippen LogP contribution is -2.45. The number of hydrogen-bond donors (Lipinski definition) is 3. The first-order chi connectivity index (χ1) is 18.5. The molecule has 1 aliphatic heterocycles. The molecular weight excluding hydrogens is 495 g/mol. The van der Waals surface area contributed by atoms with E-state index in [2.05, 4.69) is 19.2 Å². The van der Waals surface area contributed by atoms with E-state index in [1.165, 1.54) is 18.2 Å². The molecule has 39 heavy (non-hydrogen) atoms. The van der Waals surface area contributed by atoms with Gasteiger partial charge in [-0.25, -0.2) is 4.39 Å². The number of primary amides is 1. The number of allylic oxidation sites excluding steroid dienone is 1. The zero-order valence-corrected chi connectivity index (χ0v) is 23.8. The van der Waals surface area contributed by atoms with Gasteiger partial charge in [-0.15, -0.1) is 0 Å². The lowest BCUT2D eigenvalue weighted by atomic mass is 9.97. The van der Waals surface area contributed by atoms with E-state index >= 15 is 0 Å². The van der Waals surface area contributed by atoms with Crippen LogP contribution in [0, 0.1) is 24.1 Å². The number of halogens is 1. The molecule has 2 unspecified atom stereocenters. The smallest absolute Gasteiger partial charge is 0.251 e. The second kappa shape index (κ2) is 14.4. The number of carbonyl (C=O) groups excluding carboxylic acids is 3. The Morgan fingerprint density at radius 1 is 1.15 bits per heavy atom. The molecule has 2 atom stereocenters. The third-order valence-corrected chi connectivity index (χ3v) is 6.81. The molecule has 7 nitrogen and oxygen atoms in total. The summed E-state index contributed by atoms with van der Waals surface area (Å²) in [7, 11) is 0. The van der Waals surface area contributed by atoms with Gasteiger partial charge in [0.05, 0.1) is 12.6 Å². The predicted molar refractivity (Wildman–Crippen MR) is 153 cm³/mol. The number of likely N-dealkylation sites (tertiary alicyclic amines) is 1. The van der Waals surface area contributed by atoms with Gasteiger partial charge < -0.3 is 21.4 Å². The van der Waals surface area contributed by atoms with Crippen molar-refractivity contribution in [1.82, 2.24) is 10.2 Å². The van der Waals surface area contributed by atoms with Crippen LogP contribution in [0.15, 0.2) is 54.1 Å². The van der Waals surface area contributed by atoms with E-state index in [4.69, 9.17) is 11.1 Å². The second-order valence-corrected chi connectivity index (χ2v) is 9.98. The van der Waals surface area contributed by atoms with Crippen LogP contribution < -0.4 is 11.1 Å². The van der Waals surface area contributed by atoms with Crippen molar-refractivity contribution in [2.75, 3.05) is 6.54 Å². The van der Waals surface area contributed by atoms with Gasteiger partial charge in [0.1, 0.15) is 5.82 Å². The molecule has 8 heteroatoms. The second-order valence-electron chi connectivity index (χ2n) is 9.98. The summed E-state index contributed by atoms with van der Waals surface area (Å²) < 4.78 is 13.9. The minimum atomic E-state index is -0.593. The highest BCUT2D eigenvalue weighted by Crippen LogP contribution is 2.39. The Hall–Kier alpha value is -3.81. The molecular formula is C31H41FN4O3. The van der Waals surface area contributed by atoms with Gasteiger partial charge in [0.2, 0.25) is 11.8 Å². The van der Waals surface area contributed by atoms with Crippen LogP contribution >= 0.6 is 0 Å². The molecule has 210 valence electrons. The maximum absolute atomic E-state index is 13.9. The summed E-state index contributed by atoms with van der Waals surface area (Å²) in [6.07, 6.45) is 3.25. The van der Waals surface area contributed by atoms with E-state index in [0.717, 1.165) is 29.5 Å². The molecule has 0 bridgehead atoms. The first-order valence-electron chi connectivity index (χ1n) is 13.5. The molecule has 0 aliphatic carbocycles. The van der Waals surface area contributed by atoms with Gasteiger partial charge in [-0.3, -0.25) is 14.4 Å². The van der Waals surface area contributed by atoms with Gasteiger partial charge >= 0.3 is 0 Å². The van der Waals surface area contributed by atoms with E-state index in [-0.39, 0.29) is 54.3 Å². The molecule has 2 aromatic carbocycles. The first kappa shape index (κ1) is 31.4. The van der Waals surface area contributed by atoms with Gasteiger partial charge in [0.15, 0.2) is 0 Å². The summed E-state index contributed by atoms with van der Waals surface area (Å²) in [5, 5.41) is 10.3. The van der Waals surface area contributed by atoms with Crippen LogP contribution in [0.3, 0.4) is 0 Å². The van der Waals surface area contributed by atoms with Crippen LogP contribution in [0.1, 0.15) is 80.6 Å². The number of nitrogens with one attached hydrogen (secondary N) is 2. The van der Waals surface area contributed by atoms with Crippen LogP contribution in [0.4, 0.5) is 4.39 Å². The summed E-state index contributed by atoms with van der Waals surface area (Å²) in [5.74, 6) is -1.29. The Bertz CT molecular complexity index is 1240. The summed E-state index contributed by atoms with van der Waals surface area (Å²) >= 11 is 0. The summed E-state index contributed by atoms with van der Waals surface area (Å²) in [6.45, 7) is 11.3. The molecule has 1 aliphatic rings. The molecule has 3 rings (SSSR count). The van der Waals surface area contributed by atoms with Crippen molar-refractivity contribution >= 4 is 23.4 Å². The third kappa shape index (κ3) is 8.34. The van der Waals surface area contributed by atoms with Gasteiger partial charge in [-0.2, -0.15) is 0 Å². The fraction of sp³-hybridized carbons (Fsp3) is 0.419. The van der Waals surface area contributed by atoms with Crippen LogP contribution in [0.25, 0.3) is 0 Å². The number of benzene rings is 2. The number of amides is 3. The van der Waals surface area contributed by atoms with Crippen molar-refractivity contribution in [2.45, 2.75) is 72.9 Å². The number of rotatable bonds is 9. The fourth-order valence-electron chi connectivity index (χ4n) is 4.95. The molecule has 0 spiro atoms. The largest absolute Gasteiger partial charge is 0.366 e. The zero-order valence-electron chi connectivity index (χ0n) is 23.8. The monoisotopic (exact) mass is 536 g/mol. The molecule has 2 aromatic rings. The normalized spacial score (nSPS) is 16.9. The van der Waals surface area contributed by atoms with E-state index in [0.29, 0.717) is 11.1 Å². The zero-order chi connectivity index (χ0) is 29.3. The van der Waals surface area contributed by atoms with Crippen molar-refractivity contribution < 1.29 is 18.8 Å². The highest BCUT2D eigenvalue weighted by atomic mass is 19.1. The van der Waals surface area contributed by atoms with Crippen molar-refractivity contribution in [3.8, 4) is 0 Å². The van der Waals surface area contributed by atoms with Gasteiger partial charge in [0.25, 0.3) is 5.91 Å². The summed E-state index contributed by atoms with van der Waals surface area (Å²) in [6, 6.07) is 11.2. The average molecular weight is 537 g/mol. The number of nitrogens with two attached hydrogens (primary N) is 1. The highest BCUT2D eigenvalue weighted by molar-refractivity contribution is 6.01. The maximum atomic E-state index is 13.9. The van der Waals surface area contributed by atoms with Crippen molar-refractivity contribution in [3.63, 3.8) is 0 Å². The van der Waals surface area contributed by atoms with Gasteiger partial charge in [-0.1, -0.05) is 45.9 Å². The minimum Gasteiger partial charge on any atom is -0.366 e. The molecule has 0 saturated carbocycles. The van der Waals surface area contributed by atoms with Crippen LogP contribution in [0.2, 0.25) is 0 Å². The van der Waals surface area contributed by atoms with E-state index in [1.54, 1.807) is 36.1 Å². The molecule has 1 fully saturated rings. The quantitative estimate of drug-likeness (QED) is 0.299. The van der Waals surface area contributed by atoms with Gasteiger partial charge in [-0.05, 0) is 79.6 Å². The van der Waals surface area contributed by atoms with Gasteiger partial charge in [0, 0.05) is 29.3 Å². The Morgan fingerprint density at radius 3 is 2.41 bits per heavy atom. The van der Waals surface area contributed by atoms with Crippen LogP contribution in [-0.4, -0.2) is 40.9 Å². The third-order valence-electron chi connectivity index (χ3n) is 6.81. The Balaban J connectivity index is 0.00000260. The molecule has 3 amide bonds. The van der Waals surface area contributed by atoms with E-state index in [1.807, 2.05) is 26.8 Å². The lowest BCUT2D eigenvalue weighted by Gasteiger charge is -2.33. The number of hydrogen-bond acceptors (Lipinski definition) is 4. The molecule has 0 radical (unpaired) electrons. The Kier molecular flexibility index (Phi) is 11.6. The predicted octanol–water partition coefficient (Wildman–Crippen LogP) is 5.27. The molecule has 0 aromatic heterocycles. The van der Waals surface area contributed by atoms with Crippen LogP contribution in [0.5, 0.6) is 0 Å². The van der Waals surface area contributed by atoms with E-state index in [9.17, 15) is 18.8 Å². The molecule has 1 saturated heterocycles. The summed E-state index contributed by atoms with van der Waals surface area (Å²) in [4.78, 5) is 39.7.